The first-order valence-corrected chi connectivity index (χ1v) is 12.5. The molecule has 1 aliphatic carbocycles. The molecule has 3 nitrogen and oxygen atoms in total. The molecular formula is C24H37ClN2OS. The third-order valence-electron chi connectivity index (χ3n) is 6.93. The molecule has 1 aromatic carbocycles. The molecule has 29 heavy (non-hydrogen) atoms. The molecule has 0 bridgehead atoms. The Morgan fingerprint density at radius 2 is 1.93 bits per heavy atom. The number of hydrogen-bond donors (Lipinski definition) is 0. The van der Waals surface area contributed by atoms with Crippen LogP contribution in [0.1, 0.15) is 69.8 Å². The lowest BCUT2D eigenvalue weighted by atomic mass is 9.79. The van der Waals surface area contributed by atoms with Crippen molar-refractivity contribution in [3.8, 4) is 0 Å². The summed E-state index contributed by atoms with van der Waals surface area (Å²) in [5, 5.41) is 0.814. The number of aldehydes is 1. The van der Waals surface area contributed by atoms with Gasteiger partial charge >= 0.3 is 0 Å². The van der Waals surface area contributed by atoms with Crippen LogP contribution in [0.4, 0.5) is 0 Å². The molecule has 3 rings (SSSR count). The Balaban J connectivity index is 1.57. The van der Waals surface area contributed by atoms with Gasteiger partial charge in [0.15, 0.2) is 0 Å². The number of piperidine rings is 1. The van der Waals surface area contributed by atoms with Crippen molar-refractivity contribution in [3.05, 3.63) is 28.8 Å². The molecule has 2 aliphatic rings. The van der Waals surface area contributed by atoms with Crippen LogP contribution in [0.2, 0.25) is 5.02 Å². The Labute approximate surface area is 186 Å². The van der Waals surface area contributed by atoms with Crippen molar-refractivity contribution in [1.29, 1.82) is 0 Å². The van der Waals surface area contributed by atoms with E-state index in [1.165, 1.54) is 56.1 Å². The molecule has 0 radical (unpaired) electrons. The summed E-state index contributed by atoms with van der Waals surface area (Å²) in [5.74, 6) is 0. The fourth-order valence-corrected chi connectivity index (χ4v) is 6.27. The molecule has 1 atom stereocenters. The van der Waals surface area contributed by atoms with Crippen molar-refractivity contribution in [2.75, 3.05) is 26.7 Å². The highest BCUT2D eigenvalue weighted by molar-refractivity contribution is 7.97. The first kappa shape index (κ1) is 23.1. The lowest BCUT2D eigenvalue weighted by molar-refractivity contribution is -0.118. The Kier molecular flexibility index (Phi) is 8.91. The number of rotatable bonds is 7. The quantitative estimate of drug-likeness (QED) is 0.366. The largest absolute Gasteiger partial charge is 0.303 e. The average molecular weight is 437 g/mol. The van der Waals surface area contributed by atoms with Crippen LogP contribution in [0, 0.1) is 12.3 Å². The molecule has 1 unspecified atom stereocenters. The van der Waals surface area contributed by atoms with Gasteiger partial charge in [-0.1, -0.05) is 49.8 Å². The predicted molar refractivity (Wildman–Crippen MR) is 125 cm³/mol. The van der Waals surface area contributed by atoms with Crippen molar-refractivity contribution in [2.45, 2.75) is 82.1 Å². The second-order valence-corrected chi connectivity index (χ2v) is 10.7. The van der Waals surface area contributed by atoms with Crippen LogP contribution in [0.3, 0.4) is 0 Å². The number of benzene rings is 1. The molecular weight excluding hydrogens is 400 g/mol. The molecule has 0 spiro atoms. The van der Waals surface area contributed by atoms with Gasteiger partial charge in [0.1, 0.15) is 6.29 Å². The molecule has 1 heterocycles. The maximum absolute atomic E-state index is 12.2. The van der Waals surface area contributed by atoms with Crippen molar-refractivity contribution in [3.63, 3.8) is 0 Å². The average Bonchev–Trinajstić information content (AvgIpc) is 2.70. The van der Waals surface area contributed by atoms with E-state index in [1.807, 2.05) is 12.1 Å². The van der Waals surface area contributed by atoms with E-state index in [1.54, 1.807) is 11.9 Å². The van der Waals surface area contributed by atoms with Gasteiger partial charge < -0.3 is 9.69 Å². The van der Waals surface area contributed by atoms with Crippen LogP contribution >= 0.6 is 23.5 Å². The highest BCUT2D eigenvalue weighted by Crippen LogP contribution is 2.38. The standard InChI is InChI=1S/C24H37ClN2OS/c1-20-22(25)12-8-13-23(20)29-27-16-9-14-24(18-27,19-28)15-17-26(2)21-10-6-4-3-5-7-11-21/h8,12-13,19,21H,3-7,9-11,14-18H2,1-2H3. The SMILES string of the molecule is Cc1c(Cl)cccc1SN1CCCC(C=O)(CCN(C)C2CCCCCCC2)C1. The van der Waals surface area contributed by atoms with Crippen LogP contribution in [-0.4, -0.2) is 48.2 Å². The molecule has 1 saturated heterocycles. The lowest BCUT2D eigenvalue weighted by Gasteiger charge is -2.40. The third kappa shape index (κ3) is 6.46. The zero-order valence-electron chi connectivity index (χ0n) is 18.2. The molecule has 0 N–H and O–H groups in total. The maximum atomic E-state index is 12.2. The summed E-state index contributed by atoms with van der Waals surface area (Å²) in [6, 6.07) is 6.78. The van der Waals surface area contributed by atoms with E-state index >= 15 is 0 Å². The Bertz CT molecular complexity index is 662. The van der Waals surface area contributed by atoms with Gasteiger partial charge in [-0.15, -0.1) is 0 Å². The second kappa shape index (κ2) is 11.2. The van der Waals surface area contributed by atoms with E-state index in [9.17, 15) is 4.79 Å². The number of carbonyl (C=O) groups is 1. The van der Waals surface area contributed by atoms with Gasteiger partial charge in [0.2, 0.25) is 0 Å². The summed E-state index contributed by atoms with van der Waals surface area (Å²) < 4.78 is 2.38. The van der Waals surface area contributed by atoms with Gasteiger partial charge in [-0.3, -0.25) is 0 Å². The van der Waals surface area contributed by atoms with Crippen LogP contribution in [0.5, 0.6) is 0 Å². The summed E-state index contributed by atoms with van der Waals surface area (Å²) in [6.45, 7) is 4.97. The van der Waals surface area contributed by atoms with E-state index < -0.39 is 0 Å². The van der Waals surface area contributed by atoms with Crippen molar-refractivity contribution in [2.24, 2.45) is 5.41 Å². The maximum Gasteiger partial charge on any atom is 0.127 e. The van der Waals surface area contributed by atoms with Crippen LogP contribution in [0.15, 0.2) is 23.1 Å². The fraction of sp³-hybridized carbons (Fsp3) is 0.708. The number of hydrogen-bond acceptors (Lipinski definition) is 4. The lowest BCUT2D eigenvalue weighted by Crippen LogP contribution is -2.44. The highest BCUT2D eigenvalue weighted by Gasteiger charge is 2.36. The van der Waals surface area contributed by atoms with Gasteiger partial charge in [0.05, 0.1) is 0 Å². The predicted octanol–water partition coefficient (Wildman–Crippen LogP) is 6.37. The minimum Gasteiger partial charge on any atom is -0.303 e. The van der Waals surface area contributed by atoms with Crippen LogP contribution in [0.25, 0.3) is 0 Å². The van der Waals surface area contributed by atoms with E-state index in [0.717, 1.165) is 49.5 Å². The monoisotopic (exact) mass is 436 g/mol. The minimum absolute atomic E-state index is 0.215. The van der Waals surface area contributed by atoms with E-state index in [0.29, 0.717) is 6.04 Å². The number of halogens is 1. The van der Waals surface area contributed by atoms with Crippen molar-refractivity contribution >= 4 is 29.8 Å². The van der Waals surface area contributed by atoms with E-state index in [4.69, 9.17) is 11.6 Å². The molecule has 0 amide bonds. The summed E-state index contributed by atoms with van der Waals surface area (Å²) in [7, 11) is 2.27. The topological polar surface area (TPSA) is 23.6 Å². The fourth-order valence-electron chi connectivity index (χ4n) is 4.84. The van der Waals surface area contributed by atoms with Gasteiger partial charge in [0, 0.05) is 34.5 Å². The zero-order valence-corrected chi connectivity index (χ0v) is 19.7. The Morgan fingerprint density at radius 1 is 1.21 bits per heavy atom. The van der Waals surface area contributed by atoms with Gasteiger partial charge in [0.25, 0.3) is 0 Å². The van der Waals surface area contributed by atoms with Crippen LogP contribution < -0.4 is 0 Å². The molecule has 162 valence electrons. The molecule has 1 aromatic rings. The Hall–Kier alpha value is -0.550. The van der Waals surface area contributed by atoms with Gasteiger partial charge in [-0.2, -0.15) is 0 Å². The molecule has 0 aromatic heterocycles. The number of nitrogens with zero attached hydrogens (tertiary/aromatic N) is 2. The summed E-state index contributed by atoms with van der Waals surface area (Å²) in [4.78, 5) is 16.0. The molecule has 5 heteroatoms. The zero-order chi connectivity index (χ0) is 20.7. The summed E-state index contributed by atoms with van der Waals surface area (Å²) in [5.41, 5.74) is 0.915. The molecule has 1 aliphatic heterocycles. The summed E-state index contributed by atoms with van der Waals surface area (Å²) >= 11 is 8.07. The van der Waals surface area contributed by atoms with Crippen molar-refractivity contribution < 1.29 is 4.79 Å². The van der Waals surface area contributed by atoms with Crippen molar-refractivity contribution in [1.82, 2.24) is 9.21 Å². The number of carbonyl (C=O) groups excluding carboxylic acids is 1. The molecule has 2 fully saturated rings. The first-order chi connectivity index (χ1) is 14.0. The third-order valence-corrected chi connectivity index (χ3v) is 8.55. The van der Waals surface area contributed by atoms with Crippen LogP contribution in [-0.2, 0) is 4.79 Å². The minimum atomic E-state index is -0.215. The van der Waals surface area contributed by atoms with E-state index in [-0.39, 0.29) is 5.41 Å². The smallest absolute Gasteiger partial charge is 0.127 e. The first-order valence-electron chi connectivity index (χ1n) is 11.4. The normalized spacial score (nSPS) is 25.0. The Morgan fingerprint density at radius 3 is 2.66 bits per heavy atom. The summed E-state index contributed by atoms with van der Waals surface area (Å²) in [6.07, 6.45) is 13.9. The molecule has 1 saturated carbocycles. The second-order valence-electron chi connectivity index (χ2n) is 9.13. The van der Waals surface area contributed by atoms with Gasteiger partial charge in [-0.05, 0) is 82.3 Å². The van der Waals surface area contributed by atoms with Gasteiger partial charge in [-0.25, -0.2) is 4.31 Å². The highest BCUT2D eigenvalue weighted by atomic mass is 35.5. The van der Waals surface area contributed by atoms with E-state index in [2.05, 4.69) is 29.2 Å².